The van der Waals surface area contributed by atoms with E-state index in [1.807, 2.05) is 39.8 Å². The van der Waals surface area contributed by atoms with Gasteiger partial charge in [-0.15, -0.1) is 0 Å². The van der Waals surface area contributed by atoms with Crippen molar-refractivity contribution in [3.63, 3.8) is 0 Å². The molecule has 142 valence electrons. The van der Waals surface area contributed by atoms with Crippen LogP contribution in [0.25, 0.3) is 0 Å². The molecule has 0 fully saturated rings. The van der Waals surface area contributed by atoms with E-state index >= 15 is 0 Å². The van der Waals surface area contributed by atoms with Crippen LogP contribution in [0.1, 0.15) is 74.4 Å². The number of phenolic OH excluding ortho intramolecular Hbond substituents is 1. The Morgan fingerprint density at radius 2 is 1.81 bits per heavy atom. The van der Waals surface area contributed by atoms with Crippen molar-refractivity contribution in [2.45, 2.75) is 59.0 Å². The highest BCUT2D eigenvalue weighted by atomic mass is 16.5. The molecule has 0 aliphatic carbocycles. The molecule has 6 heteroatoms. The van der Waals surface area contributed by atoms with Crippen molar-refractivity contribution in [3.8, 4) is 11.8 Å². The largest absolute Gasteiger partial charge is 0.507 e. The summed E-state index contributed by atoms with van der Waals surface area (Å²) in [5.74, 6) is -1.02. The first-order chi connectivity index (χ1) is 12.1. The molecule has 1 aromatic rings. The average Bonchev–Trinajstić information content (AvgIpc) is 2.58. The molecule has 1 amide bonds. The molecule has 0 saturated heterocycles. The van der Waals surface area contributed by atoms with Crippen LogP contribution in [-0.2, 0) is 9.53 Å². The minimum atomic E-state index is -1.00. The molecule has 1 aromatic carbocycles. The third-order valence-electron chi connectivity index (χ3n) is 4.24. The molecular formula is C20H28N2O4. The molecule has 6 nitrogen and oxygen atoms in total. The molecule has 0 radical (unpaired) electrons. The summed E-state index contributed by atoms with van der Waals surface area (Å²) in [4.78, 5) is 26.1. The molecule has 1 atom stereocenters. The van der Waals surface area contributed by atoms with Gasteiger partial charge in [-0.05, 0) is 36.0 Å². The fraction of sp³-hybridized carbons (Fsp3) is 0.550. The third-order valence-corrected chi connectivity index (χ3v) is 4.24. The number of carbonyl (C=O) groups is 2. The van der Waals surface area contributed by atoms with Crippen molar-refractivity contribution in [1.82, 2.24) is 4.90 Å². The van der Waals surface area contributed by atoms with Crippen LogP contribution in [0.5, 0.6) is 5.75 Å². The van der Waals surface area contributed by atoms with Gasteiger partial charge in [-0.25, -0.2) is 4.79 Å². The number of carbonyl (C=O) groups excluding carboxylic acids is 2. The summed E-state index contributed by atoms with van der Waals surface area (Å²) in [7, 11) is 1.55. The number of nitrogens with zero attached hydrogens (tertiary/aromatic N) is 2. The van der Waals surface area contributed by atoms with Gasteiger partial charge in [0.2, 0.25) is 0 Å². The van der Waals surface area contributed by atoms with E-state index in [1.165, 1.54) is 11.8 Å². The van der Waals surface area contributed by atoms with Crippen molar-refractivity contribution in [2.75, 3.05) is 13.6 Å². The highest BCUT2D eigenvalue weighted by Crippen LogP contribution is 2.33. The van der Waals surface area contributed by atoms with Crippen LogP contribution in [0, 0.1) is 11.3 Å². The molecule has 0 saturated carbocycles. The predicted octanol–water partition coefficient (Wildman–Crippen LogP) is 3.56. The summed E-state index contributed by atoms with van der Waals surface area (Å²) in [6, 6.07) is 5.48. The Balaban J connectivity index is 3.06. The van der Waals surface area contributed by atoms with Gasteiger partial charge in [0, 0.05) is 13.6 Å². The fourth-order valence-electron chi connectivity index (χ4n) is 2.52. The summed E-state index contributed by atoms with van der Waals surface area (Å²) in [6.07, 6.45) is -0.798. The zero-order chi connectivity index (χ0) is 20.0. The molecule has 0 unspecified atom stereocenters. The molecule has 0 heterocycles. The number of hydrogen-bond donors (Lipinski definition) is 1. The van der Waals surface area contributed by atoms with Gasteiger partial charge in [-0.2, -0.15) is 5.26 Å². The second-order valence-corrected chi connectivity index (χ2v) is 7.03. The standard InChI is InChI=1S/C20H28N2O4/c1-12(2)15-10-16(13(3)4)18(23)17(11-15)20(25)26-14(5)19(24)22(6)9-7-8-21/h10-14,23H,7,9H2,1-6H3/t14-/m0/s1. The number of phenols is 1. The lowest BCUT2D eigenvalue weighted by molar-refractivity contribution is -0.138. The van der Waals surface area contributed by atoms with Gasteiger partial charge in [0.25, 0.3) is 5.91 Å². The van der Waals surface area contributed by atoms with E-state index in [-0.39, 0.29) is 36.1 Å². The maximum Gasteiger partial charge on any atom is 0.342 e. The number of rotatable bonds is 7. The van der Waals surface area contributed by atoms with Gasteiger partial charge >= 0.3 is 5.97 Å². The van der Waals surface area contributed by atoms with Crippen molar-refractivity contribution in [3.05, 3.63) is 28.8 Å². The van der Waals surface area contributed by atoms with Crippen LogP contribution in [0.2, 0.25) is 0 Å². The number of amides is 1. The Labute approximate surface area is 155 Å². The number of benzene rings is 1. The highest BCUT2D eigenvalue weighted by Gasteiger charge is 2.25. The predicted molar refractivity (Wildman–Crippen MR) is 99.0 cm³/mol. The normalized spacial score (nSPS) is 12.0. The Bertz CT molecular complexity index is 704. The summed E-state index contributed by atoms with van der Waals surface area (Å²) < 4.78 is 5.28. The maximum absolute atomic E-state index is 12.6. The number of likely N-dealkylation sites (N-methyl/N-ethyl adjacent to an activating group) is 1. The first-order valence-corrected chi connectivity index (χ1v) is 8.79. The van der Waals surface area contributed by atoms with Crippen LogP contribution in [-0.4, -0.2) is 41.6 Å². The zero-order valence-electron chi connectivity index (χ0n) is 16.4. The molecule has 0 spiro atoms. The number of nitriles is 1. The van der Waals surface area contributed by atoms with E-state index in [0.717, 1.165) is 5.56 Å². The topological polar surface area (TPSA) is 90.6 Å². The highest BCUT2D eigenvalue weighted by molar-refractivity contribution is 5.95. The van der Waals surface area contributed by atoms with Gasteiger partial charge < -0.3 is 14.7 Å². The van der Waals surface area contributed by atoms with Crippen LogP contribution in [0.4, 0.5) is 0 Å². The first-order valence-electron chi connectivity index (χ1n) is 8.79. The van der Waals surface area contributed by atoms with E-state index in [9.17, 15) is 14.7 Å². The Hall–Kier alpha value is -2.55. The third kappa shape index (κ3) is 5.22. The van der Waals surface area contributed by atoms with Gasteiger partial charge in [0.1, 0.15) is 11.3 Å². The lowest BCUT2D eigenvalue weighted by Gasteiger charge is -2.21. The lowest BCUT2D eigenvalue weighted by atomic mass is 9.92. The number of hydrogen-bond acceptors (Lipinski definition) is 5. The summed E-state index contributed by atoms with van der Waals surface area (Å²) in [5.41, 5.74) is 1.66. The van der Waals surface area contributed by atoms with Crippen LogP contribution >= 0.6 is 0 Å². The van der Waals surface area contributed by atoms with Crippen molar-refractivity contribution < 1.29 is 19.4 Å². The van der Waals surface area contributed by atoms with E-state index in [2.05, 4.69) is 0 Å². The van der Waals surface area contributed by atoms with Gasteiger partial charge in [-0.1, -0.05) is 33.8 Å². The Morgan fingerprint density at radius 1 is 1.19 bits per heavy atom. The number of ether oxygens (including phenoxy) is 1. The molecule has 0 bridgehead atoms. The van der Waals surface area contributed by atoms with Crippen LogP contribution < -0.4 is 0 Å². The SMILES string of the molecule is CC(C)c1cc(C(=O)O[C@@H](C)C(=O)N(C)CCC#N)c(O)c(C(C)C)c1. The zero-order valence-corrected chi connectivity index (χ0v) is 16.4. The van der Waals surface area contributed by atoms with Crippen LogP contribution in [0.3, 0.4) is 0 Å². The van der Waals surface area contributed by atoms with Gasteiger partial charge in [-0.3, -0.25) is 4.79 Å². The van der Waals surface area contributed by atoms with Crippen molar-refractivity contribution in [1.29, 1.82) is 5.26 Å². The molecule has 26 heavy (non-hydrogen) atoms. The van der Waals surface area contributed by atoms with Crippen molar-refractivity contribution >= 4 is 11.9 Å². The molecule has 0 aromatic heterocycles. The summed E-state index contributed by atoms with van der Waals surface area (Å²) >= 11 is 0. The Kier molecular flexibility index (Phi) is 7.63. The molecule has 1 rings (SSSR count). The second-order valence-electron chi connectivity index (χ2n) is 7.03. The fourth-order valence-corrected chi connectivity index (χ4v) is 2.52. The summed E-state index contributed by atoms with van der Waals surface area (Å²) in [5, 5.41) is 19.1. The number of aromatic hydroxyl groups is 1. The minimum Gasteiger partial charge on any atom is -0.507 e. The average molecular weight is 360 g/mol. The van der Waals surface area contributed by atoms with E-state index in [0.29, 0.717) is 5.56 Å². The second kappa shape index (κ2) is 9.23. The molecule has 0 aliphatic heterocycles. The van der Waals surface area contributed by atoms with E-state index in [4.69, 9.17) is 10.00 Å². The quantitative estimate of drug-likeness (QED) is 0.751. The maximum atomic E-state index is 12.6. The molecular weight excluding hydrogens is 332 g/mol. The van der Waals surface area contributed by atoms with E-state index in [1.54, 1.807) is 13.1 Å². The molecule has 0 aliphatic rings. The van der Waals surface area contributed by atoms with Gasteiger partial charge in [0.05, 0.1) is 12.5 Å². The van der Waals surface area contributed by atoms with Crippen molar-refractivity contribution in [2.24, 2.45) is 0 Å². The Morgan fingerprint density at radius 3 is 2.31 bits per heavy atom. The number of esters is 1. The van der Waals surface area contributed by atoms with Crippen LogP contribution in [0.15, 0.2) is 12.1 Å². The lowest BCUT2D eigenvalue weighted by Crippen LogP contribution is -2.38. The molecule has 1 N–H and O–H groups in total. The minimum absolute atomic E-state index is 0.0384. The smallest absolute Gasteiger partial charge is 0.342 e. The monoisotopic (exact) mass is 360 g/mol. The summed E-state index contributed by atoms with van der Waals surface area (Å²) in [6.45, 7) is 9.62. The van der Waals surface area contributed by atoms with Gasteiger partial charge in [0.15, 0.2) is 6.10 Å². The van der Waals surface area contributed by atoms with E-state index < -0.39 is 18.0 Å². The first kappa shape index (κ1) is 21.5.